The summed E-state index contributed by atoms with van der Waals surface area (Å²) in [6.45, 7) is 3.82. The lowest BCUT2D eigenvalue weighted by atomic mass is 10.1. The third-order valence-electron chi connectivity index (χ3n) is 2.25. The number of halogens is 1. The third-order valence-corrected chi connectivity index (χ3v) is 3.58. The van der Waals surface area contributed by atoms with Crippen molar-refractivity contribution in [2.45, 2.75) is 25.8 Å². The molecule has 0 aliphatic rings. The lowest BCUT2D eigenvalue weighted by molar-refractivity contribution is 0.498. The van der Waals surface area contributed by atoms with Crippen LogP contribution in [0.25, 0.3) is 0 Å². The van der Waals surface area contributed by atoms with Crippen LogP contribution in [0.3, 0.4) is 0 Å². The summed E-state index contributed by atoms with van der Waals surface area (Å²) in [7, 11) is -3.24. The first-order valence-corrected chi connectivity index (χ1v) is 7.24. The van der Waals surface area contributed by atoms with Crippen molar-refractivity contribution in [2.24, 2.45) is 5.73 Å². The summed E-state index contributed by atoms with van der Waals surface area (Å²) in [5.74, 6) is 0.0904. The van der Waals surface area contributed by atoms with Crippen LogP contribution < -0.4 is 10.5 Å². The second-order valence-electron chi connectivity index (χ2n) is 4.86. The number of hydrogen-bond donors (Lipinski definition) is 2. The lowest BCUT2D eigenvalue weighted by Crippen LogP contribution is -2.45. The van der Waals surface area contributed by atoms with E-state index in [2.05, 4.69) is 4.72 Å². The van der Waals surface area contributed by atoms with Gasteiger partial charge in [0.15, 0.2) is 0 Å². The maximum Gasteiger partial charge on any atom is 0.211 e. The third kappa shape index (κ3) is 7.66. The molecule has 0 heterocycles. The predicted octanol–water partition coefficient (Wildman–Crippen LogP) is 1.31. The van der Waals surface area contributed by atoms with Gasteiger partial charge in [-0.2, -0.15) is 0 Å². The Bertz CT molecular complexity index is 441. The van der Waals surface area contributed by atoms with E-state index in [1.807, 2.05) is 30.3 Å². The second-order valence-corrected chi connectivity index (χ2v) is 6.79. The Morgan fingerprint density at radius 2 is 1.78 bits per heavy atom. The fraction of sp³-hybridized carbons (Fsp3) is 0.500. The van der Waals surface area contributed by atoms with Gasteiger partial charge in [0.2, 0.25) is 10.0 Å². The van der Waals surface area contributed by atoms with Gasteiger partial charge in [-0.25, -0.2) is 13.1 Å². The van der Waals surface area contributed by atoms with Crippen LogP contribution >= 0.6 is 12.4 Å². The number of aryl methyl sites for hydroxylation is 1. The smallest absolute Gasteiger partial charge is 0.211 e. The summed E-state index contributed by atoms with van der Waals surface area (Å²) in [5.41, 5.74) is 6.21. The van der Waals surface area contributed by atoms with Crippen molar-refractivity contribution >= 4 is 22.4 Å². The van der Waals surface area contributed by atoms with Crippen molar-refractivity contribution < 1.29 is 8.42 Å². The molecule has 0 amide bonds. The minimum atomic E-state index is -3.24. The van der Waals surface area contributed by atoms with Crippen LogP contribution in [-0.4, -0.2) is 26.3 Å². The molecule has 0 spiro atoms. The molecule has 0 unspecified atom stereocenters. The van der Waals surface area contributed by atoms with Crippen LogP contribution in [0.2, 0.25) is 0 Å². The number of hydrogen-bond acceptors (Lipinski definition) is 3. The molecule has 6 heteroatoms. The Hall–Kier alpha value is -0.620. The molecule has 0 bridgehead atoms. The highest BCUT2D eigenvalue weighted by Gasteiger charge is 2.16. The van der Waals surface area contributed by atoms with Gasteiger partial charge in [-0.15, -0.1) is 12.4 Å². The van der Waals surface area contributed by atoms with Gasteiger partial charge in [0.25, 0.3) is 0 Å². The van der Waals surface area contributed by atoms with Crippen LogP contribution in [0.4, 0.5) is 0 Å². The summed E-state index contributed by atoms with van der Waals surface area (Å²) in [6.07, 6.45) is 0.515. The van der Waals surface area contributed by atoms with E-state index in [4.69, 9.17) is 5.73 Å². The molecule has 18 heavy (non-hydrogen) atoms. The zero-order valence-corrected chi connectivity index (χ0v) is 12.4. The van der Waals surface area contributed by atoms with Crippen molar-refractivity contribution in [2.75, 3.05) is 12.3 Å². The first kappa shape index (κ1) is 17.4. The minimum absolute atomic E-state index is 0. The van der Waals surface area contributed by atoms with Gasteiger partial charge in [0.1, 0.15) is 0 Å². The molecular weight excluding hydrogens is 272 g/mol. The Morgan fingerprint density at radius 1 is 1.22 bits per heavy atom. The molecule has 0 aromatic heterocycles. The van der Waals surface area contributed by atoms with Crippen LogP contribution in [-0.2, 0) is 16.4 Å². The zero-order chi connectivity index (χ0) is 12.9. The molecule has 104 valence electrons. The molecule has 1 aromatic rings. The molecule has 0 atom stereocenters. The van der Waals surface area contributed by atoms with Crippen molar-refractivity contribution in [3.63, 3.8) is 0 Å². The standard InChI is InChI=1S/C12H20N2O2S.ClH/c1-12(2,13)10-14-17(15,16)9-8-11-6-4-3-5-7-11;/h3-7,14H,8-10,13H2,1-2H3;1H. The van der Waals surface area contributed by atoms with Crippen molar-refractivity contribution in [1.29, 1.82) is 0 Å². The largest absolute Gasteiger partial charge is 0.324 e. The minimum Gasteiger partial charge on any atom is -0.324 e. The Labute approximate surface area is 115 Å². The molecule has 4 nitrogen and oxygen atoms in total. The van der Waals surface area contributed by atoms with E-state index in [9.17, 15) is 8.42 Å². The van der Waals surface area contributed by atoms with Gasteiger partial charge in [-0.3, -0.25) is 0 Å². The molecule has 0 radical (unpaired) electrons. The van der Waals surface area contributed by atoms with Gasteiger partial charge >= 0.3 is 0 Å². The van der Waals surface area contributed by atoms with Gasteiger partial charge < -0.3 is 5.73 Å². The summed E-state index contributed by atoms with van der Waals surface area (Å²) in [5, 5.41) is 0. The fourth-order valence-electron chi connectivity index (χ4n) is 1.27. The highest BCUT2D eigenvalue weighted by Crippen LogP contribution is 2.02. The monoisotopic (exact) mass is 292 g/mol. The number of rotatable bonds is 6. The Balaban J connectivity index is 0.00000289. The van der Waals surface area contributed by atoms with E-state index in [0.717, 1.165) is 5.56 Å². The van der Waals surface area contributed by atoms with Crippen LogP contribution in [0, 0.1) is 0 Å². The molecule has 0 aliphatic heterocycles. The summed E-state index contributed by atoms with van der Waals surface area (Å²) in [6, 6.07) is 9.55. The summed E-state index contributed by atoms with van der Waals surface area (Å²) >= 11 is 0. The molecule has 0 saturated heterocycles. The molecule has 0 saturated carbocycles. The molecule has 1 rings (SSSR count). The number of nitrogens with two attached hydrogens (primary N) is 1. The van der Waals surface area contributed by atoms with Crippen LogP contribution in [0.1, 0.15) is 19.4 Å². The molecule has 3 N–H and O–H groups in total. The van der Waals surface area contributed by atoms with Gasteiger partial charge in [0, 0.05) is 12.1 Å². The highest BCUT2D eigenvalue weighted by atomic mass is 35.5. The molecule has 0 aliphatic carbocycles. The van der Waals surface area contributed by atoms with E-state index in [0.29, 0.717) is 6.42 Å². The number of benzene rings is 1. The van der Waals surface area contributed by atoms with E-state index in [1.165, 1.54) is 0 Å². The van der Waals surface area contributed by atoms with E-state index >= 15 is 0 Å². The van der Waals surface area contributed by atoms with Gasteiger partial charge in [0.05, 0.1) is 5.75 Å². The average molecular weight is 293 g/mol. The molecule has 1 aromatic carbocycles. The van der Waals surface area contributed by atoms with Gasteiger partial charge in [-0.05, 0) is 25.8 Å². The lowest BCUT2D eigenvalue weighted by Gasteiger charge is -2.18. The average Bonchev–Trinajstić information content (AvgIpc) is 2.25. The normalized spacial score (nSPS) is 11.9. The van der Waals surface area contributed by atoms with Crippen molar-refractivity contribution in [1.82, 2.24) is 4.72 Å². The van der Waals surface area contributed by atoms with E-state index < -0.39 is 15.6 Å². The van der Waals surface area contributed by atoms with Crippen molar-refractivity contribution in [3.05, 3.63) is 35.9 Å². The first-order valence-electron chi connectivity index (χ1n) is 5.59. The quantitative estimate of drug-likeness (QED) is 0.830. The zero-order valence-electron chi connectivity index (χ0n) is 10.7. The maximum atomic E-state index is 11.7. The second kappa shape index (κ2) is 7.09. The van der Waals surface area contributed by atoms with Crippen molar-refractivity contribution in [3.8, 4) is 0 Å². The van der Waals surface area contributed by atoms with Crippen LogP contribution in [0.5, 0.6) is 0 Å². The molecule has 0 fully saturated rings. The molecular formula is C12H21ClN2O2S. The number of sulfonamides is 1. The number of nitrogens with one attached hydrogen (secondary N) is 1. The maximum absolute atomic E-state index is 11.7. The summed E-state index contributed by atoms with van der Waals surface area (Å²) in [4.78, 5) is 0. The Morgan fingerprint density at radius 3 is 2.28 bits per heavy atom. The first-order chi connectivity index (χ1) is 7.79. The van der Waals surface area contributed by atoms with E-state index in [1.54, 1.807) is 13.8 Å². The van der Waals surface area contributed by atoms with Gasteiger partial charge in [-0.1, -0.05) is 30.3 Å². The SMILES string of the molecule is CC(C)(N)CNS(=O)(=O)CCc1ccccc1.Cl. The van der Waals surface area contributed by atoms with Crippen LogP contribution in [0.15, 0.2) is 30.3 Å². The fourth-order valence-corrected chi connectivity index (χ4v) is 2.51. The predicted molar refractivity (Wildman–Crippen MR) is 77.4 cm³/mol. The Kier molecular flexibility index (Phi) is 6.84. The summed E-state index contributed by atoms with van der Waals surface area (Å²) < 4.78 is 25.9. The van der Waals surface area contributed by atoms with E-state index in [-0.39, 0.29) is 24.7 Å². The highest BCUT2D eigenvalue weighted by molar-refractivity contribution is 7.89. The topological polar surface area (TPSA) is 72.2 Å².